The largest absolute Gasteiger partial charge is 0.452 e. The lowest BCUT2D eigenvalue weighted by Crippen LogP contribution is -2.41. The molecule has 2 rings (SSSR count). The minimum atomic E-state index is -0.966. The second-order valence-electron chi connectivity index (χ2n) is 5.92. The molecule has 2 aromatic rings. The van der Waals surface area contributed by atoms with Crippen molar-refractivity contribution in [3.8, 4) is 0 Å². The predicted molar refractivity (Wildman–Crippen MR) is 109 cm³/mol. The van der Waals surface area contributed by atoms with Gasteiger partial charge in [0.05, 0.1) is 10.5 Å². The third-order valence-electron chi connectivity index (χ3n) is 3.79. The zero-order valence-electron chi connectivity index (χ0n) is 15.9. The van der Waals surface area contributed by atoms with E-state index in [2.05, 4.69) is 10.6 Å². The number of carbonyl (C=O) groups excluding carboxylic acids is 3. The van der Waals surface area contributed by atoms with Crippen LogP contribution in [0.2, 0.25) is 5.02 Å². The fraction of sp³-hybridized carbons (Fsp3) is 0.211. The number of carbonyl (C=O) groups is 3. The maximum absolute atomic E-state index is 12.4. The Labute approximate surface area is 176 Å². The van der Waals surface area contributed by atoms with E-state index in [9.17, 15) is 24.5 Å². The molecule has 0 aliphatic carbocycles. The Morgan fingerprint density at radius 1 is 1.17 bits per heavy atom. The van der Waals surface area contributed by atoms with E-state index < -0.39 is 29.4 Å². The Morgan fingerprint density at radius 2 is 1.90 bits per heavy atom. The summed E-state index contributed by atoms with van der Waals surface area (Å²) in [5.41, 5.74) is 0.548. The molecule has 0 radical (unpaired) electrons. The van der Waals surface area contributed by atoms with Gasteiger partial charge in [-0.15, -0.1) is 0 Å². The van der Waals surface area contributed by atoms with Crippen molar-refractivity contribution in [1.29, 1.82) is 0 Å². The van der Waals surface area contributed by atoms with Crippen LogP contribution in [0.25, 0.3) is 0 Å². The molecule has 0 saturated heterocycles. The van der Waals surface area contributed by atoms with Crippen molar-refractivity contribution in [3.63, 3.8) is 0 Å². The topological polar surface area (TPSA) is 140 Å². The van der Waals surface area contributed by atoms with E-state index in [4.69, 9.17) is 16.3 Å². The number of nitrogens with one attached hydrogen (secondary N) is 3. The van der Waals surface area contributed by atoms with Gasteiger partial charge in [0.25, 0.3) is 11.6 Å². The van der Waals surface area contributed by atoms with E-state index in [0.29, 0.717) is 11.6 Å². The maximum Gasteiger partial charge on any atom is 0.341 e. The average molecular weight is 435 g/mol. The number of amides is 3. The number of hydrogen-bond acceptors (Lipinski definition) is 7. The smallest absolute Gasteiger partial charge is 0.341 e. The van der Waals surface area contributed by atoms with E-state index in [0.717, 1.165) is 11.6 Å². The van der Waals surface area contributed by atoms with E-state index in [1.54, 1.807) is 31.2 Å². The predicted octanol–water partition coefficient (Wildman–Crippen LogP) is 2.86. The highest BCUT2D eigenvalue weighted by atomic mass is 35.5. The molecule has 2 aromatic carbocycles. The van der Waals surface area contributed by atoms with E-state index in [1.807, 2.05) is 5.32 Å². The van der Waals surface area contributed by atoms with E-state index in [-0.39, 0.29) is 23.5 Å². The van der Waals surface area contributed by atoms with Gasteiger partial charge >= 0.3 is 12.0 Å². The highest BCUT2D eigenvalue weighted by Crippen LogP contribution is 2.24. The summed E-state index contributed by atoms with van der Waals surface area (Å²) in [6.45, 7) is 1.49. The molecular weight excluding hydrogens is 416 g/mol. The second-order valence-corrected chi connectivity index (χ2v) is 6.32. The Bertz CT molecular complexity index is 966. The fourth-order valence-electron chi connectivity index (χ4n) is 2.38. The molecule has 0 aliphatic rings. The van der Waals surface area contributed by atoms with Crippen molar-refractivity contribution in [2.75, 3.05) is 18.5 Å². The molecule has 0 saturated carbocycles. The Morgan fingerprint density at radius 3 is 2.57 bits per heavy atom. The normalized spacial score (nSPS) is 10.1. The van der Waals surface area contributed by atoms with Crippen LogP contribution in [0.3, 0.4) is 0 Å². The van der Waals surface area contributed by atoms with Gasteiger partial charge in [-0.05, 0) is 24.6 Å². The number of esters is 1. The van der Waals surface area contributed by atoms with Gasteiger partial charge in [-0.25, -0.2) is 9.59 Å². The zero-order chi connectivity index (χ0) is 22.1. The van der Waals surface area contributed by atoms with Crippen molar-refractivity contribution in [1.82, 2.24) is 10.6 Å². The number of non-ortho nitro benzene ring substituents is 1. The Hall–Kier alpha value is -3.66. The summed E-state index contributed by atoms with van der Waals surface area (Å²) in [6, 6.07) is 9.96. The van der Waals surface area contributed by atoms with E-state index in [1.165, 1.54) is 12.1 Å². The second kappa shape index (κ2) is 10.8. The van der Waals surface area contributed by atoms with Crippen LogP contribution < -0.4 is 16.0 Å². The molecule has 0 spiro atoms. The quantitative estimate of drug-likeness (QED) is 0.329. The van der Waals surface area contributed by atoms with Crippen LogP contribution in [0, 0.1) is 10.1 Å². The number of nitro groups is 1. The van der Waals surface area contributed by atoms with Crippen molar-refractivity contribution < 1.29 is 24.0 Å². The monoisotopic (exact) mass is 434 g/mol. The SMILES string of the molecule is CCNC(=O)NC(=O)COC(=O)c1cc([N+](=O)[O-])ccc1NCc1ccccc1Cl. The Balaban J connectivity index is 2.13. The van der Waals surface area contributed by atoms with Crippen molar-refractivity contribution in [2.45, 2.75) is 13.5 Å². The number of urea groups is 1. The number of anilines is 1. The molecule has 0 unspecified atom stereocenters. The molecule has 0 heterocycles. The summed E-state index contributed by atoms with van der Waals surface area (Å²) in [5.74, 6) is -1.81. The molecule has 30 heavy (non-hydrogen) atoms. The third kappa shape index (κ3) is 6.45. The summed E-state index contributed by atoms with van der Waals surface area (Å²) in [4.78, 5) is 45.8. The molecular formula is C19H19ClN4O6. The van der Waals surface area contributed by atoms with Gasteiger partial charge < -0.3 is 15.4 Å². The van der Waals surface area contributed by atoms with Gasteiger partial charge in [-0.1, -0.05) is 29.8 Å². The van der Waals surface area contributed by atoms with Gasteiger partial charge in [0.15, 0.2) is 6.61 Å². The first kappa shape index (κ1) is 22.6. The number of imide groups is 1. The average Bonchev–Trinajstić information content (AvgIpc) is 2.71. The van der Waals surface area contributed by atoms with E-state index >= 15 is 0 Å². The van der Waals surface area contributed by atoms with Crippen LogP contribution in [0.1, 0.15) is 22.8 Å². The number of rotatable bonds is 8. The van der Waals surface area contributed by atoms with Crippen LogP contribution in [0.5, 0.6) is 0 Å². The number of benzene rings is 2. The fourth-order valence-corrected chi connectivity index (χ4v) is 2.58. The van der Waals surface area contributed by atoms with Crippen LogP contribution in [0.4, 0.5) is 16.2 Å². The number of hydrogen-bond donors (Lipinski definition) is 3. The van der Waals surface area contributed by atoms with Crippen LogP contribution in [-0.2, 0) is 16.1 Å². The first-order valence-electron chi connectivity index (χ1n) is 8.82. The molecule has 11 heteroatoms. The molecule has 10 nitrogen and oxygen atoms in total. The van der Waals surface area contributed by atoms with Gasteiger partial charge in [0.2, 0.25) is 0 Å². The van der Waals surface area contributed by atoms with Crippen molar-refractivity contribution in [2.24, 2.45) is 0 Å². The molecule has 0 atom stereocenters. The minimum absolute atomic E-state index is 0.137. The lowest BCUT2D eigenvalue weighted by atomic mass is 10.1. The lowest BCUT2D eigenvalue weighted by Gasteiger charge is -2.12. The van der Waals surface area contributed by atoms with Crippen molar-refractivity contribution >= 4 is 40.9 Å². The number of halogens is 1. The molecule has 0 aliphatic heterocycles. The summed E-state index contributed by atoms with van der Waals surface area (Å²) >= 11 is 6.11. The molecule has 3 amide bonds. The molecule has 3 N–H and O–H groups in total. The zero-order valence-corrected chi connectivity index (χ0v) is 16.7. The highest BCUT2D eigenvalue weighted by Gasteiger charge is 2.19. The molecule has 0 bridgehead atoms. The van der Waals surface area contributed by atoms with Crippen LogP contribution in [0.15, 0.2) is 42.5 Å². The van der Waals surface area contributed by atoms with Gasteiger partial charge in [0, 0.05) is 35.9 Å². The first-order chi connectivity index (χ1) is 14.3. The summed E-state index contributed by atoms with van der Waals surface area (Å²) in [6.07, 6.45) is 0. The minimum Gasteiger partial charge on any atom is -0.452 e. The summed E-state index contributed by atoms with van der Waals surface area (Å²) in [5, 5.41) is 18.9. The van der Waals surface area contributed by atoms with Crippen LogP contribution in [-0.4, -0.2) is 36.0 Å². The summed E-state index contributed by atoms with van der Waals surface area (Å²) < 4.78 is 4.90. The number of ether oxygens (including phenoxy) is 1. The number of nitrogens with zero attached hydrogens (tertiary/aromatic N) is 1. The lowest BCUT2D eigenvalue weighted by molar-refractivity contribution is -0.384. The van der Waals surface area contributed by atoms with Gasteiger partial charge in [-0.3, -0.25) is 20.2 Å². The molecule has 0 fully saturated rings. The number of nitro benzene ring substituents is 1. The summed E-state index contributed by atoms with van der Waals surface area (Å²) in [7, 11) is 0. The molecule has 158 valence electrons. The maximum atomic E-state index is 12.4. The third-order valence-corrected chi connectivity index (χ3v) is 4.15. The molecule has 0 aromatic heterocycles. The van der Waals surface area contributed by atoms with Gasteiger partial charge in [-0.2, -0.15) is 0 Å². The Kier molecular flexibility index (Phi) is 8.12. The van der Waals surface area contributed by atoms with Crippen molar-refractivity contribution in [3.05, 3.63) is 68.7 Å². The first-order valence-corrected chi connectivity index (χ1v) is 9.20. The standard InChI is InChI=1S/C19H19ClN4O6/c1-2-21-19(27)23-17(25)11-30-18(26)14-9-13(24(28)29)7-8-16(14)22-10-12-5-3-4-6-15(12)20/h3-9,22H,2,10-11H2,1H3,(H2,21,23,25,27). The highest BCUT2D eigenvalue weighted by molar-refractivity contribution is 6.31. The van der Waals surface area contributed by atoms with Gasteiger partial charge in [0.1, 0.15) is 0 Å². The van der Waals surface area contributed by atoms with Crippen LogP contribution >= 0.6 is 11.6 Å².